The summed E-state index contributed by atoms with van der Waals surface area (Å²) in [5.74, 6) is 0. The van der Waals surface area contributed by atoms with E-state index < -0.39 is 0 Å². The second kappa shape index (κ2) is 16.3. The summed E-state index contributed by atoms with van der Waals surface area (Å²) in [6.07, 6.45) is 1.18. The molecule has 7 heteroatoms. The van der Waals surface area contributed by atoms with Crippen molar-refractivity contribution >= 4 is 35.0 Å². The summed E-state index contributed by atoms with van der Waals surface area (Å²) in [7, 11) is 1.43. The van der Waals surface area contributed by atoms with E-state index in [4.69, 9.17) is 5.21 Å². The van der Waals surface area contributed by atoms with Gasteiger partial charge in [-0.2, -0.15) is 0 Å². The first kappa shape index (κ1) is 22.4. The molecule has 0 aromatic heterocycles. The van der Waals surface area contributed by atoms with Gasteiger partial charge in [0.15, 0.2) is 0 Å². The van der Waals surface area contributed by atoms with Gasteiger partial charge in [-0.25, -0.2) is 0 Å². The Labute approximate surface area is 80.7 Å². The smallest absolute Gasteiger partial charge is 0.316 e. The Kier molecular flexibility index (Phi) is 33.3. The van der Waals surface area contributed by atoms with Crippen molar-refractivity contribution in [1.29, 1.82) is 0 Å². The highest BCUT2D eigenvalue weighted by Crippen LogP contribution is 1.71. The monoisotopic (exact) mass is 178 g/mol. The van der Waals surface area contributed by atoms with Crippen LogP contribution in [0.2, 0.25) is 0 Å². The van der Waals surface area contributed by atoms with Gasteiger partial charge in [0, 0.05) is 0 Å². The lowest BCUT2D eigenvalue weighted by atomic mass is 10.5. The quantitative estimate of drug-likeness (QED) is 0.226. The number of hydrogen-bond acceptors (Lipinski definition) is 4. The first-order valence-electron chi connectivity index (χ1n) is 2.06. The van der Waals surface area contributed by atoms with Crippen molar-refractivity contribution in [2.75, 3.05) is 7.11 Å². The number of oxime groups is 2. The van der Waals surface area contributed by atoms with E-state index in [0.29, 0.717) is 5.71 Å². The zero-order chi connectivity index (χ0) is 6.41. The summed E-state index contributed by atoms with van der Waals surface area (Å²) < 4.78 is 0. The van der Waals surface area contributed by atoms with Crippen LogP contribution in [-0.4, -0.2) is 58.2 Å². The van der Waals surface area contributed by atoms with E-state index in [0.717, 1.165) is 0 Å². The Morgan fingerprint density at radius 1 is 1.45 bits per heavy atom. The van der Waals surface area contributed by atoms with Crippen molar-refractivity contribution in [3.05, 3.63) is 0 Å². The highest BCUT2D eigenvalue weighted by Gasteiger charge is 1.79. The van der Waals surface area contributed by atoms with E-state index in [1.165, 1.54) is 13.3 Å². The van der Waals surface area contributed by atoms with Gasteiger partial charge in [-0.05, 0) is 6.92 Å². The topological polar surface area (TPSA) is 117 Å². The minimum Gasteiger partial charge on any atom is -0.412 e. The van der Waals surface area contributed by atoms with Crippen LogP contribution in [0.25, 0.3) is 0 Å². The lowest BCUT2D eigenvalue weighted by Crippen LogP contribution is -1.91. The molecule has 0 aromatic rings. The van der Waals surface area contributed by atoms with Crippen molar-refractivity contribution in [3.63, 3.8) is 0 Å². The molecule has 0 unspecified atom stereocenters. The predicted molar refractivity (Wildman–Crippen MR) is 46.2 cm³/mol. The number of rotatable bonds is 2. The van der Waals surface area contributed by atoms with Gasteiger partial charge in [-0.3, -0.25) is 0 Å². The molecule has 6 nitrogen and oxygen atoms in total. The van der Waals surface area contributed by atoms with Gasteiger partial charge < -0.3 is 21.0 Å². The first-order chi connectivity index (χ1) is 3.81. The van der Waals surface area contributed by atoms with E-state index in [-0.39, 0.29) is 34.0 Å². The molecular weight excluding hydrogens is 164 g/mol. The summed E-state index contributed by atoms with van der Waals surface area (Å²) >= 11 is 0. The average Bonchev–Trinajstić information content (AvgIpc) is 1.68. The Hall–Kier alpha value is -0.374. The molecular formula is C4H14MgN2O4. The Morgan fingerprint density at radius 2 is 1.91 bits per heavy atom. The van der Waals surface area contributed by atoms with Gasteiger partial charge in [0.05, 0.1) is 11.9 Å². The second-order valence-electron chi connectivity index (χ2n) is 1.16. The molecule has 0 atom stereocenters. The molecule has 5 N–H and O–H groups in total. The summed E-state index contributed by atoms with van der Waals surface area (Å²) in [5, 5.41) is 14.0. The Morgan fingerprint density at radius 3 is 2.18 bits per heavy atom. The molecule has 0 saturated carbocycles. The van der Waals surface area contributed by atoms with Gasteiger partial charge in [0.25, 0.3) is 0 Å². The van der Waals surface area contributed by atoms with Crippen LogP contribution in [0.4, 0.5) is 0 Å². The molecule has 0 aliphatic rings. The van der Waals surface area contributed by atoms with Crippen molar-refractivity contribution in [2.24, 2.45) is 10.3 Å². The Balaban J connectivity index is -0.0000000817. The molecule has 0 spiro atoms. The fraction of sp³-hybridized carbons (Fsp3) is 0.500. The zero-order valence-electron chi connectivity index (χ0n) is 5.83. The van der Waals surface area contributed by atoms with Gasteiger partial charge in [-0.1, -0.05) is 10.3 Å². The van der Waals surface area contributed by atoms with Gasteiger partial charge in [0.1, 0.15) is 7.11 Å². The minimum atomic E-state index is 0. The fourth-order valence-corrected chi connectivity index (χ4v) is 0.251. The van der Waals surface area contributed by atoms with Crippen LogP contribution in [0.1, 0.15) is 6.92 Å². The molecule has 0 heterocycles. The summed E-state index contributed by atoms with van der Waals surface area (Å²) in [6.45, 7) is 1.66. The van der Waals surface area contributed by atoms with Crippen molar-refractivity contribution in [1.82, 2.24) is 0 Å². The highest BCUT2D eigenvalue weighted by molar-refractivity contribution is 6.29. The summed E-state index contributed by atoms with van der Waals surface area (Å²) in [6, 6.07) is 0. The van der Waals surface area contributed by atoms with E-state index >= 15 is 0 Å². The molecule has 0 saturated heterocycles. The number of nitrogens with zero attached hydrogens (tertiary/aromatic N) is 2. The van der Waals surface area contributed by atoms with E-state index in [2.05, 4.69) is 15.1 Å². The fourth-order valence-electron chi connectivity index (χ4n) is 0.251. The molecule has 66 valence electrons. The summed E-state index contributed by atoms with van der Waals surface area (Å²) in [5.41, 5.74) is 0.523. The third-order valence-electron chi connectivity index (χ3n) is 0.480. The van der Waals surface area contributed by atoms with Gasteiger partial charge in [-0.15, -0.1) is 0 Å². The van der Waals surface area contributed by atoms with E-state index in [9.17, 15) is 0 Å². The molecule has 0 rings (SSSR count). The standard InChI is InChI=1S/C4H8N2O2.Mg.2H2O.2H/c1-4(3-5-7)6-8-2;;;;;/h3,7H,1-2H3;;2*1H2;;. The maximum Gasteiger partial charge on any atom is 0.316 e. The molecule has 0 amide bonds. The molecule has 0 radical (unpaired) electrons. The van der Waals surface area contributed by atoms with Crippen LogP contribution in [0.3, 0.4) is 0 Å². The normalized spacial score (nSPS) is 9.09. The third-order valence-corrected chi connectivity index (χ3v) is 0.480. The molecule has 0 fully saturated rings. The van der Waals surface area contributed by atoms with Crippen LogP contribution in [0.15, 0.2) is 10.3 Å². The van der Waals surface area contributed by atoms with E-state index in [1.807, 2.05) is 0 Å². The van der Waals surface area contributed by atoms with Gasteiger partial charge in [0.2, 0.25) is 0 Å². The minimum absolute atomic E-state index is 0. The van der Waals surface area contributed by atoms with Gasteiger partial charge >= 0.3 is 23.1 Å². The molecule has 0 bridgehead atoms. The van der Waals surface area contributed by atoms with Crippen LogP contribution in [0.5, 0.6) is 0 Å². The zero-order valence-corrected chi connectivity index (χ0v) is 5.83. The predicted octanol–water partition coefficient (Wildman–Crippen LogP) is -2.10. The van der Waals surface area contributed by atoms with Crippen LogP contribution in [-0.2, 0) is 4.84 Å². The largest absolute Gasteiger partial charge is 0.412 e. The average molecular weight is 178 g/mol. The van der Waals surface area contributed by atoms with Crippen molar-refractivity contribution < 1.29 is 21.0 Å². The number of hydrogen-bond donors (Lipinski definition) is 1. The van der Waals surface area contributed by atoms with Crippen molar-refractivity contribution in [3.8, 4) is 0 Å². The maximum absolute atomic E-state index is 7.90. The SMILES string of the molecule is CON=C(C)C=NO.O.O.[MgH2]. The molecule has 0 aliphatic carbocycles. The van der Waals surface area contributed by atoms with Crippen LogP contribution < -0.4 is 0 Å². The van der Waals surface area contributed by atoms with Crippen molar-refractivity contribution in [2.45, 2.75) is 6.92 Å². The Bertz CT molecular complexity index is 117. The highest BCUT2D eigenvalue weighted by atomic mass is 24.3. The molecule has 0 aromatic carbocycles. The van der Waals surface area contributed by atoms with Crippen LogP contribution in [0, 0.1) is 0 Å². The summed E-state index contributed by atoms with van der Waals surface area (Å²) in [4.78, 5) is 4.34. The third kappa shape index (κ3) is 17.7. The molecule has 11 heavy (non-hydrogen) atoms. The lowest BCUT2D eigenvalue weighted by Gasteiger charge is -1.85. The molecule has 0 aliphatic heterocycles. The second-order valence-corrected chi connectivity index (χ2v) is 1.16. The lowest BCUT2D eigenvalue weighted by molar-refractivity contribution is 0.214. The van der Waals surface area contributed by atoms with E-state index in [1.54, 1.807) is 6.92 Å². The first-order valence-corrected chi connectivity index (χ1v) is 2.06. The maximum atomic E-state index is 7.90. The van der Waals surface area contributed by atoms with Crippen LogP contribution >= 0.6 is 0 Å².